The van der Waals surface area contributed by atoms with Gasteiger partial charge < -0.3 is 24.4 Å². The van der Waals surface area contributed by atoms with Gasteiger partial charge in [-0.15, -0.1) is 0 Å². The first kappa shape index (κ1) is 25.3. The van der Waals surface area contributed by atoms with Gasteiger partial charge in [0.1, 0.15) is 17.3 Å². The molecule has 1 aliphatic rings. The topological polar surface area (TPSA) is 79.3 Å². The predicted molar refractivity (Wildman–Crippen MR) is 132 cm³/mol. The summed E-state index contributed by atoms with van der Waals surface area (Å²) >= 11 is 0. The average molecular weight is 467 g/mol. The number of hydrogen-bond donors (Lipinski definition) is 1. The summed E-state index contributed by atoms with van der Waals surface area (Å²) in [5.41, 5.74) is 2.14. The maximum absolute atomic E-state index is 13.2. The minimum absolute atomic E-state index is 0.0145. The van der Waals surface area contributed by atoms with Crippen LogP contribution in [-0.2, 0) is 9.59 Å². The quantitative estimate of drug-likeness (QED) is 0.340. The van der Waals surface area contributed by atoms with E-state index in [1.807, 2.05) is 51.9 Å². The third-order valence-corrected chi connectivity index (χ3v) is 5.79. The van der Waals surface area contributed by atoms with Crippen molar-refractivity contribution in [3.05, 3.63) is 64.7 Å². The Morgan fingerprint density at radius 3 is 2.35 bits per heavy atom. The number of hydrogen-bond acceptors (Lipinski definition) is 6. The molecule has 0 aromatic heterocycles. The maximum atomic E-state index is 13.2. The molecule has 1 atom stereocenters. The van der Waals surface area contributed by atoms with Crippen LogP contribution in [0, 0.1) is 6.92 Å². The third-order valence-electron chi connectivity index (χ3n) is 5.79. The van der Waals surface area contributed by atoms with Crippen LogP contribution in [0.25, 0.3) is 5.76 Å². The minimum Gasteiger partial charge on any atom is -0.507 e. The first-order valence-corrected chi connectivity index (χ1v) is 11.5. The molecule has 0 aliphatic carbocycles. The van der Waals surface area contributed by atoms with Gasteiger partial charge in [0.05, 0.1) is 24.8 Å². The van der Waals surface area contributed by atoms with E-state index in [2.05, 4.69) is 0 Å². The fourth-order valence-corrected chi connectivity index (χ4v) is 4.14. The van der Waals surface area contributed by atoms with Crippen LogP contribution in [0.4, 0.5) is 0 Å². The lowest BCUT2D eigenvalue weighted by molar-refractivity contribution is -0.139. The first-order valence-electron chi connectivity index (χ1n) is 11.5. The summed E-state index contributed by atoms with van der Waals surface area (Å²) in [4.78, 5) is 29.8. The van der Waals surface area contributed by atoms with Crippen molar-refractivity contribution < 1.29 is 24.2 Å². The SMILES string of the molecule is COc1ccc(C2/C(=C(/O)c3ccc(OC(C)C)c(C)c3)C(=O)C(=O)N2CCCN(C)C)cc1. The number of amides is 1. The van der Waals surface area contributed by atoms with E-state index in [0.717, 1.165) is 17.7 Å². The van der Waals surface area contributed by atoms with Crippen LogP contribution in [0.1, 0.15) is 43.0 Å². The van der Waals surface area contributed by atoms with Gasteiger partial charge in [0, 0.05) is 12.1 Å². The Kier molecular flexibility index (Phi) is 7.99. The van der Waals surface area contributed by atoms with Gasteiger partial charge in [-0.25, -0.2) is 0 Å². The number of methoxy groups -OCH3 is 1. The Bertz CT molecular complexity index is 1070. The Hall–Kier alpha value is -3.32. The zero-order chi connectivity index (χ0) is 25.0. The predicted octanol–water partition coefficient (Wildman–Crippen LogP) is 4.16. The van der Waals surface area contributed by atoms with Gasteiger partial charge in [-0.05, 0) is 89.3 Å². The number of aliphatic hydroxyl groups is 1. The number of aliphatic hydroxyl groups excluding tert-OH is 1. The standard InChI is InChI=1S/C27H34N2O5/c1-17(2)34-22-13-10-20(16-18(22)3)25(30)23-24(19-8-11-21(33-6)12-9-19)29(27(32)26(23)31)15-7-14-28(4)5/h8-13,16-17,24,30H,7,14-15H2,1-6H3/b25-23-. The molecule has 34 heavy (non-hydrogen) atoms. The molecule has 0 spiro atoms. The molecule has 2 aromatic carbocycles. The Labute approximate surface area is 201 Å². The summed E-state index contributed by atoms with van der Waals surface area (Å²) in [5.74, 6) is -0.0820. The molecule has 1 unspecified atom stereocenters. The molecule has 3 rings (SSSR count). The molecule has 1 amide bonds. The average Bonchev–Trinajstić information content (AvgIpc) is 3.04. The second-order valence-electron chi connectivity index (χ2n) is 9.07. The highest BCUT2D eigenvalue weighted by Gasteiger charge is 2.45. The summed E-state index contributed by atoms with van der Waals surface area (Å²) < 4.78 is 11.1. The van der Waals surface area contributed by atoms with Gasteiger partial charge in [0.15, 0.2) is 0 Å². The number of rotatable bonds is 9. The van der Waals surface area contributed by atoms with Gasteiger partial charge in [-0.1, -0.05) is 12.1 Å². The zero-order valence-electron chi connectivity index (χ0n) is 20.8. The van der Waals surface area contributed by atoms with Crippen LogP contribution >= 0.6 is 0 Å². The maximum Gasteiger partial charge on any atom is 0.295 e. The summed E-state index contributed by atoms with van der Waals surface area (Å²) in [6.45, 7) is 6.94. The van der Waals surface area contributed by atoms with Crippen molar-refractivity contribution >= 4 is 17.4 Å². The molecular formula is C27H34N2O5. The van der Waals surface area contributed by atoms with Crippen molar-refractivity contribution in [2.24, 2.45) is 0 Å². The molecule has 7 heteroatoms. The molecule has 1 heterocycles. The van der Waals surface area contributed by atoms with Gasteiger partial charge in [0.2, 0.25) is 0 Å². The smallest absolute Gasteiger partial charge is 0.295 e. The molecule has 0 radical (unpaired) electrons. The van der Waals surface area contributed by atoms with Crippen molar-refractivity contribution in [2.75, 3.05) is 34.3 Å². The highest BCUT2D eigenvalue weighted by molar-refractivity contribution is 6.46. The molecule has 2 aromatic rings. The normalized spacial score (nSPS) is 17.6. The lowest BCUT2D eigenvalue weighted by atomic mass is 9.94. The Morgan fingerprint density at radius 1 is 1.12 bits per heavy atom. The first-order chi connectivity index (χ1) is 16.1. The van der Waals surface area contributed by atoms with E-state index < -0.39 is 17.7 Å². The Balaban J connectivity index is 2.07. The van der Waals surface area contributed by atoms with Crippen LogP contribution < -0.4 is 9.47 Å². The molecule has 1 fully saturated rings. The van der Waals surface area contributed by atoms with Crippen LogP contribution in [0.3, 0.4) is 0 Å². The molecule has 7 nitrogen and oxygen atoms in total. The van der Waals surface area contributed by atoms with Crippen molar-refractivity contribution in [3.63, 3.8) is 0 Å². The minimum atomic E-state index is -0.681. The second kappa shape index (κ2) is 10.7. The van der Waals surface area contributed by atoms with E-state index in [-0.39, 0.29) is 17.4 Å². The number of likely N-dealkylation sites (tertiary alicyclic amines) is 1. The number of benzene rings is 2. The van der Waals surface area contributed by atoms with E-state index in [1.54, 1.807) is 42.3 Å². The number of Topliss-reactive ketones (excluding diaryl/α,β-unsaturated/α-hetero) is 1. The fraction of sp³-hybridized carbons (Fsp3) is 0.407. The van der Waals surface area contributed by atoms with Gasteiger partial charge in [-0.3, -0.25) is 9.59 Å². The number of carbonyl (C=O) groups is 2. The van der Waals surface area contributed by atoms with E-state index in [4.69, 9.17) is 9.47 Å². The number of nitrogens with zero attached hydrogens (tertiary/aromatic N) is 2. The van der Waals surface area contributed by atoms with Crippen molar-refractivity contribution in [3.8, 4) is 11.5 Å². The van der Waals surface area contributed by atoms with Crippen molar-refractivity contribution in [1.29, 1.82) is 0 Å². The largest absolute Gasteiger partial charge is 0.507 e. The lowest BCUT2D eigenvalue weighted by Gasteiger charge is -2.26. The van der Waals surface area contributed by atoms with Crippen LogP contribution in [0.2, 0.25) is 0 Å². The fourth-order valence-electron chi connectivity index (χ4n) is 4.14. The number of aryl methyl sites for hydroxylation is 1. The number of ether oxygens (including phenoxy) is 2. The highest BCUT2D eigenvalue weighted by atomic mass is 16.5. The van der Waals surface area contributed by atoms with Gasteiger partial charge in [-0.2, -0.15) is 0 Å². The van der Waals surface area contributed by atoms with Crippen LogP contribution in [0.15, 0.2) is 48.0 Å². The van der Waals surface area contributed by atoms with E-state index >= 15 is 0 Å². The van der Waals surface area contributed by atoms with E-state index in [0.29, 0.717) is 30.0 Å². The Morgan fingerprint density at radius 2 is 1.79 bits per heavy atom. The number of ketones is 1. The number of carbonyl (C=O) groups excluding carboxylic acids is 2. The van der Waals surface area contributed by atoms with Crippen LogP contribution in [0.5, 0.6) is 11.5 Å². The summed E-state index contributed by atoms with van der Waals surface area (Å²) in [6.07, 6.45) is 0.716. The molecular weight excluding hydrogens is 432 g/mol. The van der Waals surface area contributed by atoms with Gasteiger partial charge >= 0.3 is 0 Å². The molecule has 0 bridgehead atoms. The molecule has 182 valence electrons. The molecule has 1 N–H and O–H groups in total. The van der Waals surface area contributed by atoms with Crippen molar-refractivity contribution in [2.45, 2.75) is 39.3 Å². The third kappa shape index (κ3) is 5.42. The molecule has 0 saturated carbocycles. The van der Waals surface area contributed by atoms with Crippen LogP contribution in [-0.4, -0.2) is 67.0 Å². The zero-order valence-corrected chi connectivity index (χ0v) is 20.8. The molecule has 1 aliphatic heterocycles. The summed E-state index contributed by atoms with van der Waals surface area (Å²) in [6, 6.07) is 11.8. The summed E-state index contributed by atoms with van der Waals surface area (Å²) in [5, 5.41) is 11.3. The second-order valence-corrected chi connectivity index (χ2v) is 9.07. The summed E-state index contributed by atoms with van der Waals surface area (Å²) in [7, 11) is 5.51. The highest BCUT2D eigenvalue weighted by Crippen LogP contribution is 2.40. The monoisotopic (exact) mass is 466 g/mol. The van der Waals surface area contributed by atoms with Crippen molar-refractivity contribution in [1.82, 2.24) is 9.80 Å². The molecule has 1 saturated heterocycles. The van der Waals surface area contributed by atoms with E-state index in [9.17, 15) is 14.7 Å². The van der Waals surface area contributed by atoms with Gasteiger partial charge in [0.25, 0.3) is 11.7 Å². The lowest BCUT2D eigenvalue weighted by Crippen LogP contribution is -2.32. The van der Waals surface area contributed by atoms with E-state index in [1.165, 1.54) is 0 Å².